The number of nitrogens with zero attached hydrogens (tertiary/aromatic N) is 2. The Labute approximate surface area is 190 Å². The smallest absolute Gasteiger partial charge is 0.225 e. The largest absolute Gasteiger partial charge is 0.393 e. The minimum absolute atomic E-state index is 0. The Bertz CT molecular complexity index is 677. The maximum atomic E-state index is 12.0. The van der Waals surface area contributed by atoms with Crippen LogP contribution in [0.3, 0.4) is 0 Å². The summed E-state index contributed by atoms with van der Waals surface area (Å²) in [6.45, 7) is 7.31. The van der Waals surface area contributed by atoms with Gasteiger partial charge in [-0.1, -0.05) is 18.2 Å². The molecule has 2 aliphatic heterocycles. The van der Waals surface area contributed by atoms with Gasteiger partial charge in [0.25, 0.3) is 0 Å². The predicted octanol–water partition coefficient (Wildman–Crippen LogP) is 2.13. The molecule has 162 valence electrons. The number of piperidine rings is 1. The van der Waals surface area contributed by atoms with E-state index in [0.717, 1.165) is 69.2 Å². The number of anilines is 1. The summed E-state index contributed by atoms with van der Waals surface area (Å²) in [6.07, 6.45) is 3.16. The second-order valence-corrected chi connectivity index (χ2v) is 7.61. The number of guanidine groups is 1. The Hall–Kier alpha value is -1.39. The Morgan fingerprint density at radius 3 is 2.79 bits per heavy atom. The molecule has 1 aromatic rings. The van der Waals surface area contributed by atoms with Crippen LogP contribution in [0.5, 0.6) is 0 Å². The lowest BCUT2D eigenvalue weighted by molar-refractivity contribution is -0.116. The highest BCUT2D eigenvalue weighted by molar-refractivity contribution is 14.0. The number of hydrogen-bond donors (Lipinski definition) is 4. The van der Waals surface area contributed by atoms with Gasteiger partial charge >= 0.3 is 0 Å². The van der Waals surface area contributed by atoms with Gasteiger partial charge in [-0.2, -0.15) is 0 Å². The second-order valence-electron chi connectivity index (χ2n) is 7.61. The van der Waals surface area contributed by atoms with Crippen LogP contribution in [-0.2, 0) is 4.79 Å². The van der Waals surface area contributed by atoms with Crippen LogP contribution in [0.15, 0.2) is 29.3 Å². The number of hydrogen-bond acceptors (Lipinski definition) is 4. The average Bonchev–Trinajstić information content (AvgIpc) is 2.70. The van der Waals surface area contributed by atoms with Gasteiger partial charge in [-0.15, -0.1) is 24.0 Å². The van der Waals surface area contributed by atoms with Crippen molar-refractivity contribution in [2.24, 2.45) is 4.99 Å². The molecule has 4 N–H and O–H groups in total. The number of carbonyl (C=O) groups is 1. The third-order valence-electron chi connectivity index (χ3n) is 5.42. The van der Waals surface area contributed by atoms with E-state index in [1.54, 1.807) is 0 Å². The van der Waals surface area contributed by atoms with Crippen LogP contribution in [0, 0.1) is 0 Å². The summed E-state index contributed by atoms with van der Waals surface area (Å²) in [6, 6.07) is 7.98. The lowest BCUT2D eigenvalue weighted by atomic mass is 9.91. The Kier molecular flexibility index (Phi) is 10.2. The first-order valence-electron chi connectivity index (χ1n) is 10.5. The maximum Gasteiger partial charge on any atom is 0.225 e. The Morgan fingerprint density at radius 1 is 1.28 bits per heavy atom. The fraction of sp³-hybridized carbons (Fsp3) is 0.619. The summed E-state index contributed by atoms with van der Waals surface area (Å²) < 4.78 is 0. The Balaban J connectivity index is 0.00000300. The van der Waals surface area contributed by atoms with Crippen molar-refractivity contribution in [2.45, 2.75) is 44.6 Å². The van der Waals surface area contributed by atoms with Crippen LogP contribution < -0.4 is 16.0 Å². The van der Waals surface area contributed by atoms with Gasteiger partial charge in [-0.25, -0.2) is 0 Å². The van der Waals surface area contributed by atoms with Crippen molar-refractivity contribution in [3.63, 3.8) is 0 Å². The minimum atomic E-state index is -0.117. The SMILES string of the molecule is CCNC(=NCC1CC(=O)Nc2ccccc21)NCCCN1CCC(O)CC1.I. The molecule has 3 rings (SSSR count). The van der Waals surface area contributed by atoms with E-state index in [-0.39, 0.29) is 41.9 Å². The van der Waals surface area contributed by atoms with Crippen molar-refractivity contribution in [2.75, 3.05) is 44.6 Å². The first kappa shape index (κ1) is 23.9. The zero-order valence-corrected chi connectivity index (χ0v) is 19.5. The summed E-state index contributed by atoms with van der Waals surface area (Å²) in [5.41, 5.74) is 2.07. The first-order valence-corrected chi connectivity index (χ1v) is 10.5. The quantitative estimate of drug-likeness (QED) is 0.194. The molecule has 1 saturated heterocycles. The van der Waals surface area contributed by atoms with Gasteiger partial charge in [0.15, 0.2) is 5.96 Å². The second kappa shape index (κ2) is 12.3. The van der Waals surface area contributed by atoms with Crippen molar-refractivity contribution in [1.82, 2.24) is 15.5 Å². The van der Waals surface area contributed by atoms with Crippen LogP contribution in [0.2, 0.25) is 0 Å². The van der Waals surface area contributed by atoms with Gasteiger partial charge < -0.3 is 26.0 Å². The standard InChI is InChI=1S/C21H33N5O2.HI/c1-2-22-21(23-10-5-11-26-12-8-17(27)9-13-26)24-15-16-14-20(28)25-19-7-4-3-6-18(16)19;/h3-4,6-7,16-17,27H,2,5,8-15H2,1H3,(H,25,28)(H2,22,23,24);1H. The minimum Gasteiger partial charge on any atom is -0.393 e. The van der Waals surface area contributed by atoms with Crippen LogP contribution >= 0.6 is 24.0 Å². The lowest BCUT2D eigenvalue weighted by Gasteiger charge is -2.29. The molecule has 1 aromatic carbocycles. The van der Waals surface area contributed by atoms with Crippen LogP contribution in [0.4, 0.5) is 5.69 Å². The van der Waals surface area contributed by atoms with E-state index in [0.29, 0.717) is 13.0 Å². The molecule has 0 bridgehead atoms. The van der Waals surface area contributed by atoms with E-state index in [1.165, 1.54) is 0 Å². The van der Waals surface area contributed by atoms with Crippen LogP contribution in [-0.4, -0.2) is 67.2 Å². The molecule has 1 amide bonds. The van der Waals surface area contributed by atoms with E-state index in [2.05, 4.69) is 33.8 Å². The monoisotopic (exact) mass is 515 g/mol. The molecule has 8 heteroatoms. The van der Waals surface area contributed by atoms with Crippen molar-refractivity contribution in [3.05, 3.63) is 29.8 Å². The molecule has 2 aliphatic rings. The molecule has 0 radical (unpaired) electrons. The van der Waals surface area contributed by atoms with Gasteiger partial charge in [0.1, 0.15) is 0 Å². The summed E-state index contributed by atoms with van der Waals surface area (Å²) in [4.78, 5) is 19.1. The third kappa shape index (κ3) is 7.42. The molecule has 0 spiro atoms. The fourth-order valence-corrected chi connectivity index (χ4v) is 3.86. The number of carbonyl (C=O) groups excluding carboxylic acids is 1. The summed E-state index contributed by atoms with van der Waals surface area (Å²) in [5.74, 6) is 0.976. The molecule has 2 heterocycles. The molecular formula is C21H34IN5O2. The van der Waals surface area contributed by atoms with Gasteiger partial charge in [0, 0.05) is 44.2 Å². The van der Waals surface area contributed by atoms with E-state index < -0.39 is 0 Å². The molecule has 7 nitrogen and oxygen atoms in total. The van der Waals surface area contributed by atoms with Crippen molar-refractivity contribution in [1.29, 1.82) is 0 Å². The molecule has 0 aliphatic carbocycles. The highest BCUT2D eigenvalue weighted by Crippen LogP contribution is 2.31. The fourth-order valence-electron chi connectivity index (χ4n) is 3.86. The maximum absolute atomic E-state index is 12.0. The molecular weight excluding hydrogens is 481 g/mol. The number of nitrogens with one attached hydrogen (secondary N) is 3. The van der Waals surface area contributed by atoms with E-state index in [4.69, 9.17) is 4.99 Å². The number of fused-ring (bicyclic) bond motifs is 1. The number of benzene rings is 1. The third-order valence-corrected chi connectivity index (χ3v) is 5.42. The first-order chi connectivity index (χ1) is 13.7. The summed E-state index contributed by atoms with van der Waals surface area (Å²) in [7, 11) is 0. The molecule has 1 atom stereocenters. The number of amides is 1. The van der Waals surface area contributed by atoms with Crippen molar-refractivity contribution in [3.8, 4) is 0 Å². The van der Waals surface area contributed by atoms with Gasteiger partial charge in [-0.3, -0.25) is 9.79 Å². The van der Waals surface area contributed by atoms with E-state index >= 15 is 0 Å². The number of aliphatic hydroxyl groups excluding tert-OH is 1. The summed E-state index contributed by atoms with van der Waals surface area (Å²) in [5, 5.41) is 19.2. The zero-order valence-electron chi connectivity index (χ0n) is 17.2. The topological polar surface area (TPSA) is 89.0 Å². The highest BCUT2D eigenvalue weighted by Gasteiger charge is 2.24. The van der Waals surface area contributed by atoms with E-state index in [9.17, 15) is 9.90 Å². The molecule has 1 fully saturated rings. The normalized spacial score (nSPS) is 20.4. The van der Waals surface area contributed by atoms with Crippen LogP contribution in [0.1, 0.15) is 44.1 Å². The molecule has 29 heavy (non-hydrogen) atoms. The highest BCUT2D eigenvalue weighted by atomic mass is 127. The number of halogens is 1. The molecule has 0 saturated carbocycles. The van der Waals surface area contributed by atoms with Crippen molar-refractivity contribution < 1.29 is 9.90 Å². The zero-order chi connectivity index (χ0) is 19.8. The molecule has 0 aromatic heterocycles. The number of para-hydroxylation sites is 1. The van der Waals surface area contributed by atoms with Crippen molar-refractivity contribution >= 4 is 41.5 Å². The number of likely N-dealkylation sites (tertiary alicyclic amines) is 1. The van der Waals surface area contributed by atoms with Gasteiger partial charge in [0.2, 0.25) is 5.91 Å². The molecule has 1 unspecified atom stereocenters. The average molecular weight is 515 g/mol. The van der Waals surface area contributed by atoms with Gasteiger partial charge in [0.05, 0.1) is 12.6 Å². The Morgan fingerprint density at radius 2 is 2.03 bits per heavy atom. The lowest BCUT2D eigenvalue weighted by Crippen LogP contribution is -2.40. The number of aliphatic imine (C=N–C) groups is 1. The van der Waals surface area contributed by atoms with Gasteiger partial charge in [-0.05, 0) is 44.4 Å². The van der Waals surface area contributed by atoms with Crippen LogP contribution in [0.25, 0.3) is 0 Å². The number of rotatable bonds is 7. The number of aliphatic hydroxyl groups is 1. The predicted molar refractivity (Wildman–Crippen MR) is 128 cm³/mol. The summed E-state index contributed by atoms with van der Waals surface area (Å²) >= 11 is 0. The van der Waals surface area contributed by atoms with E-state index in [1.807, 2.05) is 18.2 Å².